The van der Waals surface area contributed by atoms with Crippen molar-refractivity contribution in [3.63, 3.8) is 0 Å². The summed E-state index contributed by atoms with van der Waals surface area (Å²) in [5.74, 6) is 0. The van der Waals surface area contributed by atoms with Gasteiger partial charge in [0.25, 0.3) is 6.47 Å². The number of ether oxygens (including phenoxy) is 1. The summed E-state index contributed by atoms with van der Waals surface area (Å²) in [7, 11) is 0. The third-order valence-corrected chi connectivity index (χ3v) is 3.14. The van der Waals surface area contributed by atoms with Crippen molar-refractivity contribution >= 4 is 28.3 Å². The van der Waals surface area contributed by atoms with Crippen LogP contribution >= 0.6 is 0 Å². The van der Waals surface area contributed by atoms with E-state index < -0.39 is 0 Å². The fourth-order valence-electron chi connectivity index (χ4n) is 2.28. The van der Waals surface area contributed by atoms with E-state index >= 15 is 0 Å². The van der Waals surface area contributed by atoms with Gasteiger partial charge in [0.1, 0.15) is 6.61 Å². The number of carbonyl (C=O) groups excluding carboxylic acids is 1. The predicted octanol–water partition coefficient (Wildman–Crippen LogP) is 3.30. The standard InChI is InChI=1S/C15H13NO2/c1-10-2-4-14-12(6-10)13-7-11(8-18-9-17)3-5-15(13)16-14/h2-7,9,16H,8H2,1H3. The summed E-state index contributed by atoms with van der Waals surface area (Å²) in [5.41, 5.74) is 4.46. The van der Waals surface area contributed by atoms with Crippen molar-refractivity contribution in [2.75, 3.05) is 0 Å². The third-order valence-electron chi connectivity index (χ3n) is 3.14. The molecule has 90 valence electrons. The van der Waals surface area contributed by atoms with Crippen molar-refractivity contribution in [3.8, 4) is 0 Å². The van der Waals surface area contributed by atoms with Gasteiger partial charge in [0.15, 0.2) is 0 Å². The summed E-state index contributed by atoms with van der Waals surface area (Å²) in [4.78, 5) is 13.6. The van der Waals surface area contributed by atoms with Crippen LogP contribution in [-0.2, 0) is 16.1 Å². The second-order valence-electron chi connectivity index (χ2n) is 4.46. The average Bonchev–Trinajstić information content (AvgIpc) is 2.74. The Morgan fingerprint density at radius 3 is 2.61 bits per heavy atom. The van der Waals surface area contributed by atoms with Gasteiger partial charge in [0, 0.05) is 21.8 Å². The molecular formula is C15H13NO2. The lowest BCUT2D eigenvalue weighted by Crippen LogP contribution is -1.89. The Kier molecular flexibility index (Phi) is 2.52. The van der Waals surface area contributed by atoms with Gasteiger partial charge in [0.05, 0.1) is 0 Å². The van der Waals surface area contributed by atoms with Crippen LogP contribution < -0.4 is 0 Å². The molecule has 0 radical (unpaired) electrons. The number of aromatic nitrogens is 1. The Bertz CT molecular complexity index is 728. The van der Waals surface area contributed by atoms with Gasteiger partial charge in [0.2, 0.25) is 0 Å². The summed E-state index contributed by atoms with van der Waals surface area (Å²) in [6.45, 7) is 2.87. The maximum absolute atomic E-state index is 10.2. The van der Waals surface area contributed by atoms with E-state index in [4.69, 9.17) is 4.74 Å². The highest BCUT2D eigenvalue weighted by molar-refractivity contribution is 6.07. The van der Waals surface area contributed by atoms with Crippen LogP contribution in [0, 0.1) is 6.92 Å². The molecule has 0 amide bonds. The van der Waals surface area contributed by atoms with Gasteiger partial charge in [-0.3, -0.25) is 4.79 Å². The smallest absolute Gasteiger partial charge is 0.293 e. The fourth-order valence-corrected chi connectivity index (χ4v) is 2.28. The molecule has 3 rings (SSSR count). The minimum atomic E-state index is 0.317. The molecule has 0 saturated heterocycles. The zero-order valence-corrected chi connectivity index (χ0v) is 10.1. The second-order valence-corrected chi connectivity index (χ2v) is 4.46. The number of hydrogen-bond acceptors (Lipinski definition) is 2. The summed E-state index contributed by atoms with van der Waals surface area (Å²) in [6, 6.07) is 12.4. The second kappa shape index (κ2) is 4.18. The first-order valence-electron chi connectivity index (χ1n) is 5.84. The molecule has 0 fully saturated rings. The number of aromatic amines is 1. The van der Waals surface area contributed by atoms with Crippen LogP contribution in [0.5, 0.6) is 0 Å². The SMILES string of the molecule is Cc1ccc2[nH]c3ccc(COC=O)cc3c2c1. The van der Waals surface area contributed by atoms with Crippen molar-refractivity contribution in [1.29, 1.82) is 0 Å². The van der Waals surface area contributed by atoms with Crippen LogP contribution in [0.1, 0.15) is 11.1 Å². The predicted molar refractivity (Wildman–Crippen MR) is 71.4 cm³/mol. The fraction of sp³-hybridized carbons (Fsp3) is 0.133. The molecule has 1 heterocycles. The van der Waals surface area contributed by atoms with E-state index in [0.717, 1.165) is 16.6 Å². The van der Waals surface area contributed by atoms with Crippen molar-refractivity contribution in [2.45, 2.75) is 13.5 Å². The van der Waals surface area contributed by atoms with Crippen molar-refractivity contribution in [1.82, 2.24) is 4.98 Å². The monoisotopic (exact) mass is 239 g/mol. The molecule has 0 saturated carbocycles. The summed E-state index contributed by atoms with van der Waals surface area (Å²) in [6.07, 6.45) is 0. The number of benzene rings is 2. The van der Waals surface area contributed by atoms with E-state index in [1.165, 1.54) is 16.3 Å². The van der Waals surface area contributed by atoms with Gasteiger partial charge in [-0.25, -0.2) is 0 Å². The van der Waals surface area contributed by atoms with Gasteiger partial charge in [-0.2, -0.15) is 0 Å². The molecule has 0 atom stereocenters. The lowest BCUT2D eigenvalue weighted by atomic mass is 10.1. The van der Waals surface area contributed by atoms with Crippen molar-refractivity contribution < 1.29 is 9.53 Å². The quantitative estimate of drug-likeness (QED) is 0.712. The van der Waals surface area contributed by atoms with Gasteiger partial charge in [-0.1, -0.05) is 17.7 Å². The van der Waals surface area contributed by atoms with Crippen molar-refractivity contribution in [2.24, 2.45) is 0 Å². The van der Waals surface area contributed by atoms with Crippen LogP contribution in [-0.4, -0.2) is 11.5 Å². The van der Waals surface area contributed by atoms with Crippen LogP contribution in [0.25, 0.3) is 21.8 Å². The average molecular weight is 239 g/mol. The topological polar surface area (TPSA) is 42.1 Å². The Labute approximate surface area is 104 Å². The van der Waals surface area contributed by atoms with E-state index in [1.54, 1.807) is 0 Å². The molecule has 0 aliphatic heterocycles. The number of H-pyrrole nitrogens is 1. The van der Waals surface area contributed by atoms with Crippen LogP contribution in [0.2, 0.25) is 0 Å². The highest BCUT2D eigenvalue weighted by Crippen LogP contribution is 2.27. The van der Waals surface area contributed by atoms with Gasteiger partial charge >= 0.3 is 0 Å². The molecule has 0 aliphatic carbocycles. The summed E-state index contributed by atoms with van der Waals surface area (Å²) < 4.78 is 4.79. The molecule has 1 aromatic heterocycles. The molecule has 2 aromatic carbocycles. The number of rotatable bonds is 3. The van der Waals surface area contributed by atoms with Crippen LogP contribution in [0.15, 0.2) is 36.4 Å². The first kappa shape index (κ1) is 10.8. The lowest BCUT2D eigenvalue weighted by Gasteiger charge is -2.00. The molecule has 0 bridgehead atoms. The van der Waals surface area contributed by atoms with Crippen LogP contribution in [0.3, 0.4) is 0 Å². The Hall–Kier alpha value is -2.29. The molecule has 0 aliphatic rings. The zero-order chi connectivity index (χ0) is 12.5. The van der Waals surface area contributed by atoms with Gasteiger partial charge < -0.3 is 9.72 Å². The third kappa shape index (κ3) is 1.74. The van der Waals surface area contributed by atoms with E-state index in [-0.39, 0.29) is 0 Å². The molecule has 3 nitrogen and oxygen atoms in total. The van der Waals surface area contributed by atoms with Crippen LogP contribution in [0.4, 0.5) is 0 Å². The van der Waals surface area contributed by atoms with Crippen molar-refractivity contribution in [3.05, 3.63) is 47.5 Å². The summed E-state index contributed by atoms with van der Waals surface area (Å²) in [5, 5.41) is 2.37. The normalized spacial score (nSPS) is 10.9. The highest BCUT2D eigenvalue weighted by atomic mass is 16.5. The molecule has 0 spiro atoms. The maximum Gasteiger partial charge on any atom is 0.293 e. The number of carbonyl (C=O) groups is 1. The summed E-state index contributed by atoms with van der Waals surface area (Å²) >= 11 is 0. The Morgan fingerprint density at radius 1 is 1.11 bits per heavy atom. The number of hydrogen-bond donors (Lipinski definition) is 1. The molecule has 0 unspecified atom stereocenters. The number of nitrogens with one attached hydrogen (secondary N) is 1. The zero-order valence-electron chi connectivity index (χ0n) is 10.1. The first-order chi connectivity index (χ1) is 8.78. The van der Waals surface area contributed by atoms with E-state index in [0.29, 0.717) is 13.1 Å². The van der Waals surface area contributed by atoms with E-state index in [1.807, 2.05) is 12.1 Å². The lowest BCUT2D eigenvalue weighted by molar-refractivity contribution is -0.129. The highest BCUT2D eigenvalue weighted by Gasteiger charge is 2.05. The Balaban J connectivity index is 2.21. The number of fused-ring (bicyclic) bond motifs is 3. The van der Waals surface area contributed by atoms with Gasteiger partial charge in [-0.05, 0) is 36.8 Å². The molecule has 3 aromatic rings. The minimum absolute atomic E-state index is 0.317. The number of aryl methyl sites for hydroxylation is 1. The molecule has 3 heteroatoms. The Morgan fingerprint density at radius 2 is 1.83 bits per heavy atom. The van der Waals surface area contributed by atoms with E-state index in [2.05, 4.69) is 36.2 Å². The molecule has 1 N–H and O–H groups in total. The largest absolute Gasteiger partial charge is 0.463 e. The van der Waals surface area contributed by atoms with Gasteiger partial charge in [-0.15, -0.1) is 0 Å². The minimum Gasteiger partial charge on any atom is -0.463 e. The molecular weight excluding hydrogens is 226 g/mol. The molecule has 18 heavy (non-hydrogen) atoms. The first-order valence-corrected chi connectivity index (χ1v) is 5.84. The van der Waals surface area contributed by atoms with E-state index in [9.17, 15) is 4.79 Å². The maximum atomic E-state index is 10.2.